The minimum Gasteiger partial charge on any atom is -0.534 e. The quantitative estimate of drug-likeness (QED) is 0.105. The Morgan fingerprint density at radius 3 is 2.25 bits per heavy atom. The Morgan fingerprint density at radius 2 is 1.58 bits per heavy atom. The molecule has 3 aliphatic rings. The molecule has 16 nitrogen and oxygen atoms in total. The number of aromatic carboxylic acids is 1. The van der Waals surface area contributed by atoms with Gasteiger partial charge in [-0.25, -0.2) is 36.8 Å². The molecule has 0 aromatic heterocycles. The third-order valence-corrected chi connectivity index (χ3v) is 9.96. The molecule has 22 heteroatoms. The van der Waals surface area contributed by atoms with Crippen LogP contribution in [-0.2, 0) is 11.2 Å². The van der Waals surface area contributed by atoms with Gasteiger partial charge >= 0.3 is 25.1 Å². The van der Waals surface area contributed by atoms with Crippen LogP contribution in [0.25, 0.3) is 0 Å². The van der Waals surface area contributed by atoms with Crippen molar-refractivity contribution in [2.24, 2.45) is 0 Å². The van der Waals surface area contributed by atoms with E-state index in [1.54, 1.807) is 0 Å². The maximum Gasteiger partial charge on any atom is 0.547 e. The Hall–Kier alpha value is -5.96. The van der Waals surface area contributed by atoms with Crippen LogP contribution in [0, 0.1) is 23.3 Å². The molecule has 3 aromatic rings. The second kappa shape index (κ2) is 15.1. The van der Waals surface area contributed by atoms with Crippen LogP contribution in [0.3, 0.4) is 0 Å². The minimum absolute atomic E-state index is 0.00150. The number of carbonyl (C=O) groups excluding carboxylic acids is 4. The molecule has 3 aliphatic heterocycles. The first-order chi connectivity index (χ1) is 26.0. The number of amides is 6. The standard InChI is InChI=1S/C33H29BClF4N5O11/c35-22-16(12-19(38)26(46)27(22)47)24(29(48)40-20-11-13-1-3-17(36)21(31(50)51)28(13)55-34(20)54)41-32(52)44-10-9-43(33(44)53)14-5-7-42(8-6-14)30(49)15-2-4-18(37)25(45)23(15)39/h1-4,12,14,20,24,45-47,54H,5-11H2,(H,40,48)(H,41,52)(H,50,51)/t20-,24-/m0/s1. The highest BCUT2D eigenvalue weighted by atomic mass is 35.5. The number of carbonyl (C=O) groups is 5. The fourth-order valence-corrected chi connectivity index (χ4v) is 6.93. The molecule has 0 bridgehead atoms. The Labute approximate surface area is 312 Å². The molecule has 6 amide bonds. The number of rotatable bonds is 7. The number of hydrogen-bond acceptors (Lipinski definition) is 10. The highest BCUT2D eigenvalue weighted by Crippen LogP contribution is 2.41. The second-order valence-corrected chi connectivity index (χ2v) is 13.2. The van der Waals surface area contributed by atoms with Gasteiger partial charge in [-0.3, -0.25) is 9.59 Å². The molecule has 0 aliphatic carbocycles. The zero-order valence-electron chi connectivity index (χ0n) is 28.1. The third-order valence-electron chi connectivity index (χ3n) is 9.56. The van der Waals surface area contributed by atoms with E-state index in [1.165, 1.54) is 9.80 Å². The van der Waals surface area contributed by atoms with E-state index < -0.39 is 123 Å². The predicted octanol–water partition coefficient (Wildman–Crippen LogP) is 2.64. The molecular weight excluding hydrogens is 765 g/mol. The summed E-state index contributed by atoms with van der Waals surface area (Å²) in [5.41, 5.74) is -1.93. The van der Waals surface area contributed by atoms with E-state index in [2.05, 4.69) is 10.6 Å². The molecule has 2 fully saturated rings. The Bertz CT molecular complexity index is 2130. The average molecular weight is 794 g/mol. The lowest BCUT2D eigenvalue weighted by Gasteiger charge is -2.36. The number of carboxylic acids is 1. The van der Waals surface area contributed by atoms with Crippen LogP contribution in [0.4, 0.5) is 27.2 Å². The molecule has 6 rings (SSSR count). The number of fused-ring (bicyclic) bond motifs is 1. The van der Waals surface area contributed by atoms with E-state index in [9.17, 15) is 67.0 Å². The molecule has 290 valence electrons. The van der Waals surface area contributed by atoms with Crippen LogP contribution >= 0.6 is 11.6 Å². The van der Waals surface area contributed by atoms with Crippen molar-refractivity contribution in [1.82, 2.24) is 25.3 Å². The van der Waals surface area contributed by atoms with Crippen molar-refractivity contribution >= 4 is 48.6 Å². The maximum absolute atomic E-state index is 14.7. The first kappa shape index (κ1) is 38.8. The fourth-order valence-electron chi connectivity index (χ4n) is 6.68. The minimum atomic E-state index is -2.01. The highest BCUT2D eigenvalue weighted by Gasteiger charge is 2.43. The van der Waals surface area contributed by atoms with Crippen molar-refractivity contribution in [3.8, 4) is 23.0 Å². The van der Waals surface area contributed by atoms with Crippen LogP contribution in [0.2, 0.25) is 5.02 Å². The number of phenolic OH excluding ortho intramolecular Hbond substituents is 3. The Kier molecular flexibility index (Phi) is 10.6. The van der Waals surface area contributed by atoms with Gasteiger partial charge in [-0.15, -0.1) is 0 Å². The molecule has 0 unspecified atom stereocenters. The largest absolute Gasteiger partial charge is 0.547 e. The summed E-state index contributed by atoms with van der Waals surface area (Å²) in [6, 6.07) is -0.347. The zero-order valence-corrected chi connectivity index (χ0v) is 28.8. The van der Waals surface area contributed by atoms with Crippen LogP contribution in [0.5, 0.6) is 23.0 Å². The highest BCUT2D eigenvalue weighted by molar-refractivity contribution is 6.47. The van der Waals surface area contributed by atoms with E-state index in [1.807, 2.05) is 0 Å². The monoisotopic (exact) mass is 793 g/mol. The Balaban J connectivity index is 1.17. The zero-order chi connectivity index (χ0) is 40.0. The maximum atomic E-state index is 14.7. The van der Waals surface area contributed by atoms with Crippen LogP contribution in [-0.4, -0.2) is 115 Å². The number of urea groups is 2. The molecule has 3 heterocycles. The SMILES string of the molecule is O=C(O)c1c(F)ccc2c1OB(O)[C@@H](NC(=O)[C@@H](NC(=O)N1CCN(C3CCN(C(=O)c4ccc(F)c(O)c4F)CC3)C1=O)c1cc(F)c(O)c(O)c1Cl)C2. The Morgan fingerprint density at radius 1 is 0.909 bits per heavy atom. The lowest BCUT2D eigenvalue weighted by molar-refractivity contribution is -0.123. The van der Waals surface area contributed by atoms with E-state index in [-0.39, 0.29) is 51.0 Å². The van der Waals surface area contributed by atoms with Gasteiger partial charge in [0.25, 0.3) is 5.91 Å². The van der Waals surface area contributed by atoms with Gasteiger partial charge in [-0.2, -0.15) is 0 Å². The van der Waals surface area contributed by atoms with Crippen molar-refractivity contribution in [2.45, 2.75) is 37.3 Å². The van der Waals surface area contributed by atoms with Gasteiger partial charge in [0.1, 0.15) is 23.2 Å². The summed E-state index contributed by atoms with van der Waals surface area (Å²) in [6.07, 6.45) is 0.0472. The predicted molar refractivity (Wildman–Crippen MR) is 179 cm³/mol. The number of aromatic hydroxyl groups is 3. The molecule has 0 saturated carbocycles. The van der Waals surface area contributed by atoms with Crippen molar-refractivity contribution in [1.29, 1.82) is 0 Å². The molecule has 7 N–H and O–H groups in total. The van der Waals surface area contributed by atoms with E-state index in [0.29, 0.717) is 6.07 Å². The number of halogens is 5. The lowest BCUT2D eigenvalue weighted by atomic mass is 9.72. The number of phenols is 3. The second-order valence-electron chi connectivity index (χ2n) is 12.8. The molecule has 3 aromatic carbocycles. The number of imide groups is 1. The summed E-state index contributed by atoms with van der Waals surface area (Å²) in [6.45, 7) is -0.153. The summed E-state index contributed by atoms with van der Waals surface area (Å²) in [4.78, 5) is 68.7. The lowest BCUT2D eigenvalue weighted by Crippen LogP contribution is -2.56. The molecule has 55 heavy (non-hydrogen) atoms. The normalized spacial score (nSPS) is 17.8. The number of benzene rings is 3. The number of piperidine rings is 1. The first-order valence-corrected chi connectivity index (χ1v) is 16.8. The van der Waals surface area contributed by atoms with Crippen molar-refractivity contribution in [2.75, 3.05) is 26.2 Å². The van der Waals surface area contributed by atoms with Crippen LogP contribution in [0.1, 0.15) is 50.7 Å². The summed E-state index contributed by atoms with van der Waals surface area (Å²) in [7, 11) is -1.97. The number of carboxylic acid groups (broad SMARTS) is 1. The van der Waals surface area contributed by atoms with Gasteiger partial charge in [0.15, 0.2) is 34.7 Å². The van der Waals surface area contributed by atoms with Crippen LogP contribution in [0.15, 0.2) is 30.3 Å². The number of likely N-dealkylation sites (tertiary alicyclic amines) is 1. The number of hydrogen-bond donors (Lipinski definition) is 7. The van der Waals surface area contributed by atoms with Gasteiger partial charge < -0.3 is 50.5 Å². The molecule has 2 atom stereocenters. The summed E-state index contributed by atoms with van der Waals surface area (Å²) < 4.78 is 62.0. The van der Waals surface area contributed by atoms with Gasteiger partial charge in [0, 0.05) is 37.8 Å². The van der Waals surface area contributed by atoms with Gasteiger partial charge in [0.05, 0.1) is 16.5 Å². The molecular formula is C33H29BClF4N5O11. The van der Waals surface area contributed by atoms with Crippen molar-refractivity contribution < 1.29 is 71.6 Å². The topological polar surface area (TPSA) is 230 Å². The van der Waals surface area contributed by atoms with Gasteiger partial charge in [0.2, 0.25) is 5.91 Å². The van der Waals surface area contributed by atoms with E-state index >= 15 is 0 Å². The molecule has 0 radical (unpaired) electrons. The smallest absolute Gasteiger partial charge is 0.534 e. The van der Waals surface area contributed by atoms with Crippen molar-refractivity contribution in [3.63, 3.8) is 0 Å². The van der Waals surface area contributed by atoms with Crippen molar-refractivity contribution in [3.05, 3.63) is 80.9 Å². The van der Waals surface area contributed by atoms with Gasteiger partial charge in [-0.1, -0.05) is 17.7 Å². The fraction of sp³-hybridized carbons (Fsp3) is 0.303. The number of nitrogens with one attached hydrogen (secondary N) is 2. The van der Waals surface area contributed by atoms with E-state index in [4.69, 9.17) is 16.3 Å². The van der Waals surface area contributed by atoms with Crippen LogP contribution < -0.4 is 15.3 Å². The summed E-state index contributed by atoms with van der Waals surface area (Å²) >= 11 is 6.16. The number of nitrogens with zero attached hydrogens (tertiary/aromatic N) is 3. The molecule has 2 saturated heterocycles. The van der Waals surface area contributed by atoms with E-state index in [0.717, 1.165) is 29.2 Å². The third kappa shape index (κ3) is 7.19. The summed E-state index contributed by atoms with van der Waals surface area (Å²) in [5.74, 6) is -14.6. The molecule has 0 spiro atoms. The first-order valence-electron chi connectivity index (χ1n) is 16.4. The summed E-state index contributed by atoms with van der Waals surface area (Å²) in [5, 5.41) is 53.6. The van der Waals surface area contributed by atoms with Gasteiger partial charge in [-0.05, 0) is 49.1 Å². The average Bonchev–Trinajstić information content (AvgIpc) is 3.54.